The van der Waals surface area contributed by atoms with Gasteiger partial charge in [0, 0.05) is 55.4 Å². The number of carbonyl (C=O) groups excluding carboxylic acids is 1. The molecular formula is C16H28Cl2N4OS. The van der Waals surface area contributed by atoms with Gasteiger partial charge >= 0.3 is 0 Å². The molecule has 0 radical (unpaired) electrons. The van der Waals surface area contributed by atoms with Crippen molar-refractivity contribution >= 4 is 42.5 Å². The Morgan fingerprint density at radius 1 is 1.38 bits per heavy atom. The van der Waals surface area contributed by atoms with Crippen LogP contribution in [-0.2, 0) is 11.8 Å². The molecule has 1 N–H and O–H groups in total. The molecule has 2 atom stereocenters. The molecule has 0 saturated carbocycles. The van der Waals surface area contributed by atoms with Crippen LogP contribution >= 0.6 is 36.6 Å². The fourth-order valence-corrected chi connectivity index (χ4v) is 4.67. The van der Waals surface area contributed by atoms with Gasteiger partial charge in [0.15, 0.2) is 0 Å². The topological polar surface area (TPSA) is 50.2 Å². The van der Waals surface area contributed by atoms with E-state index in [1.807, 2.05) is 23.5 Å². The Bertz CT molecular complexity index is 561. The number of hydrogen-bond donors (Lipinski definition) is 1. The molecule has 1 aromatic heterocycles. The van der Waals surface area contributed by atoms with Crippen LogP contribution in [-0.4, -0.2) is 51.2 Å². The molecule has 3 heterocycles. The molecule has 2 aliphatic heterocycles. The lowest BCUT2D eigenvalue weighted by atomic mass is 10.0. The summed E-state index contributed by atoms with van der Waals surface area (Å²) in [4.78, 5) is 14.9. The van der Waals surface area contributed by atoms with E-state index in [4.69, 9.17) is 0 Å². The molecule has 2 aliphatic rings. The van der Waals surface area contributed by atoms with Gasteiger partial charge in [0.25, 0.3) is 0 Å². The van der Waals surface area contributed by atoms with E-state index in [1.165, 1.54) is 11.3 Å². The third-order valence-corrected chi connectivity index (χ3v) is 6.02. The lowest BCUT2D eigenvalue weighted by molar-refractivity contribution is -0.132. The highest BCUT2D eigenvalue weighted by molar-refractivity contribution is 7.99. The van der Waals surface area contributed by atoms with Crippen molar-refractivity contribution in [2.24, 2.45) is 7.05 Å². The first kappa shape index (κ1) is 21.6. The summed E-state index contributed by atoms with van der Waals surface area (Å²) in [6.45, 7) is 6.07. The van der Waals surface area contributed by atoms with Crippen molar-refractivity contribution in [2.75, 3.05) is 24.6 Å². The first-order chi connectivity index (χ1) is 10.6. The smallest absolute Gasteiger partial charge is 0.224 e. The van der Waals surface area contributed by atoms with E-state index in [2.05, 4.69) is 29.2 Å². The predicted molar refractivity (Wildman–Crippen MR) is 105 cm³/mol. The number of likely N-dealkylation sites (tertiary alicyclic amines) is 1. The number of aryl methyl sites for hydroxylation is 2. The molecule has 2 saturated heterocycles. The number of halogens is 2. The van der Waals surface area contributed by atoms with Crippen molar-refractivity contribution in [3.05, 3.63) is 17.0 Å². The molecule has 1 amide bonds. The van der Waals surface area contributed by atoms with E-state index >= 15 is 0 Å². The number of nitrogens with zero attached hydrogens (tertiary/aromatic N) is 3. The summed E-state index contributed by atoms with van der Waals surface area (Å²) < 4.78 is 1.94. The van der Waals surface area contributed by atoms with E-state index < -0.39 is 0 Å². The summed E-state index contributed by atoms with van der Waals surface area (Å²) in [5, 5.41) is 8.00. The number of carbonyl (C=O) groups is 1. The van der Waals surface area contributed by atoms with Gasteiger partial charge in [0.1, 0.15) is 0 Å². The molecule has 138 valence electrons. The normalized spacial score (nSPS) is 23.5. The van der Waals surface area contributed by atoms with Crippen molar-refractivity contribution in [3.63, 3.8) is 0 Å². The molecule has 2 unspecified atom stereocenters. The molecule has 2 fully saturated rings. The van der Waals surface area contributed by atoms with Crippen molar-refractivity contribution in [1.82, 2.24) is 20.0 Å². The summed E-state index contributed by atoms with van der Waals surface area (Å²) in [7, 11) is 1.98. The van der Waals surface area contributed by atoms with E-state index in [9.17, 15) is 4.79 Å². The van der Waals surface area contributed by atoms with E-state index in [1.54, 1.807) is 0 Å². The van der Waals surface area contributed by atoms with Gasteiger partial charge in [-0.2, -0.15) is 16.9 Å². The van der Waals surface area contributed by atoms with Gasteiger partial charge in [0.05, 0.1) is 11.7 Å². The molecule has 5 nitrogen and oxygen atoms in total. The van der Waals surface area contributed by atoms with Gasteiger partial charge in [-0.25, -0.2) is 0 Å². The van der Waals surface area contributed by atoms with Gasteiger partial charge < -0.3 is 10.2 Å². The Balaban J connectivity index is 0.00000144. The second-order valence-electron chi connectivity index (χ2n) is 6.38. The van der Waals surface area contributed by atoms with Crippen LogP contribution in [0.2, 0.25) is 0 Å². The Hall–Kier alpha value is -0.430. The van der Waals surface area contributed by atoms with Gasteiger partial charge in [0.2, 0.25) is 5.91 Å². The molecule has 0 spiro atoms. The Morgan fingerprint density at radius 3 is 2.71 bits per heavy atom. The second kappa shape index (κ2) is 9.32. The highest BCUT2D eigenvalue weighted by atomic mass is 35.5. The summed E-state index contributed by atoms with van der Waals surface area (Å²) in [5.41, 5.74) is 3.52. The fraction of sp³-hybridized carbons (Fsp3) is 0.750. The Kier molecular flexibility index (Phi) is 8.39. The quantitative estimate of drug-likeness (QED) is 0.855. The molecule has 0 aromatic carbocycles. The highest BCUT2D eigenvalue weighted by Crippen LogP contribution is 2.36. The van der Waals surface area contributed by atoms with Crippen LogP contribution in [0.25, 0.3) is 0 Å². The fourth-order valence-electron chi connectivity index (χ4n) is 3.72. The molecule has 24 heavy (non-hydrogen) atoms. The van der Waals surface area contributed by atoms with Gasteiger partial charge in [-0.15, -0.1) is 24.8 Å². The number of thioether (sulfide) groups is 1. The maximum absolute atomic E-state index is 12.8. The average molecular weight is 395 g/mol. The SMILES string of the molecule is Cc1nn(C)c(C)c1C1CCCN1C(=O)CC1CSCCN1.Cl.Cl. The van der Waals surface area contributed by atoms with Crippen molar-refractivity contribution in [3.8, 4) is 0 Å². The first-order valence-corrected chi connectivity index (χ1v) is 9.34. The Morgan fingerprint density at radius 2 is 2.12 bits per heavy atom. The molecule has 0 aliphatic carbocycles. The van der Waals surface area contributed by atoms with E-state index in [-0.39, 0.29) is 30.9 Å². The Labute approximate surface area is 161 Å². The third kappa shape index (κ3) is 4.40. The van der Waals surface area contributed by atoms with E-state index in [0.29, 0.717) is 18.4 Å². The maximum Gasteiger partial charge on any atom is 0.224 e. The highest BCUT2D eigenvalue weighted by Gasteiger charge is 2.34. The van der Waals surface area contributed by atoms with Gasteiger partial charge in [-0.1, -0.05) is 0 Å². The van der Waals surface area contributed by atoms with Gasteiger partial charge in [-0.05, 0) is 26.7 Å². The zero-order valence-electron chi connectivity index (χ0n) is 14.6. The summed E-state index contributed by atoms with van der Waals surface area (Å²) in [6, 6.07) is 0.557. The lowest BCUT2D eigenvalue weighted by Crippen LogP contribution is -2.42. The number of rotatable bonds is 3. The number of aromatic nitrogens is 2. The minimum absolute atomic E-state index is 0. The van der Waals surface area contributed by atoms with Crippen molar-refractivity contribution in [2.45, 2.75) is 45.2 Å². The zero-order chi connectivity index (χ0) is 15.7. The minimum Gasteiger partial charge on any atom is -0.335 e. The van der Waals surface area contributed by atoms with Crippen molar-refractivity contribution in [1.29, 1.82) is 0 Å². The molecule has 3 rings (SSSR count). The third-order valence-electron chi connectivity index (χ3n) is 4.89. The number of nitrogens with one attached hydrogen (secondary N) is 1. The molecule has 8 heteroatoms. The van der Waals surface area contributed by atoms with Crippen LogP contribution in [0.3, 0.4) is 0 Å². The molecular weight excluding hydrogens is 367 g/mol. The molecule has 1 aromatic rings. The first-order valence-electron chi connectivity index (χ1n) is 8.18. The van der Waals surface area contributed by atoms with Crippen LogP contribution in [0.15, 0.2) is 0 Å². The summed E-state index contributed by atoms with van der Waals surface area (Å²) in [5.74, 6) is 2.51. The lowest BCUT2D eigenvalue weighted by Gasteiger charge is -2.29. The zero-order valence-corrected chi connectivity index (χ0v) is 17.0. The van der Waals surface area contributed by atoms with Crippen LogP contribution in [0, 0.1) is 13.8 Å². The summed E-state index contributed by atoms with van der Waals surface area (Å²) >= 11 is 1.95. The van der Waals surface area contributed by atoms with Crippen LogP contribution < -0.4 is 5.32 Å². The van der Waals surface area contributed by atoms with Crippen LogP contribution in [0.4, 0.5) is 0 Å². The predicted octanol–water partition coefficient (Wildman–Crippen LogP) is 2.64. The average Bonchev–Trinajstić information content (AvgIpc) is 3.06. The monoisotopic (exact) mass is 394 g/mol. The minimum atomic E-state index is 0. The van der Waals surface area contributed by atoms with Crippen LogP contribution in [0.5, 0.6) is 0 Å². The van der Waals surface area contributed by atoms with E-state index in [0.717, 1.165) is 43.1 Å². The number of hydrogen-bond acceptors (Lipinski definition) is 4. The van der Waals surface area contributed by atoms with Crippen molar-refractivity contribution < 1.29 is 4.79 Å². The van der Waals surface area contributed by atoms with Gasteiger partial charge in [-0.3, -0.25) is 9.48 Å². The molecule has 0 bridgehead atoms. The second-order valence-corrected chi connectivity index (χ2v) is 7.53. The standard InChI is InChI=1S/C16H26N4OS.2ClH/c1-11-16(12(2)19(3)18-11)14-5-4-7-20(14)15(21)9-13-10-22-8-6-17-13;;/h13-14,17H,4-10H2,1-3H3;2*1H. The maximum atomic E-state index is 12.8. The largest absolute Gasteiger partial charge is 0.335 e. The summed E-state index contributed by atoms with van der Waals surface area (Å²) in [6.07, 6.45) is 2.78. The van der Waals surface area contributed by atoms with Crippen LogP contribution in [0.1, 0.15) is 42.3 Å². The number of amides is 1.